The lowest BCUT2D eigenvalue weighted by molar-refractivity contribution is -0.116. The van der Waals surface area contributed by atoms with Gasteiger partial charge in [-0.25, -0.2) is 0 Å². The van der Waals surface area contributed by atoms with Gasteiger partial charge in [0, 0.05) is 37.6 Å². The van der Waals surface area contributed by atoms with Gasteiger partial charge in [-0.15, -0.1) is 0 Å². The molecule has 1 amide bonds. The number of aryl methyl sites for hydroxylation is 3. The van der Waals surface area contributed by atoms with E-state index in [0.29, 0.717) is 13.0 Å². The fourth-order valence-corrected chi connectivity index (χ4v) is 2.51. The van der Waals surface area contributed by atoms with Crippen molar-refractivity contribution in [3.63, 3.8) is 0 Å². The molecule has 0 fully saturated rings. The van der Waals surface area contributed by atoms with Crippen LogP contribution < -0.4 is 10.6 Å². The Balaban J connectivity index is 1.79. The summed E-state index contributed by atoms with van der Waals surface area (Å²) in [5.41, 5.74) is 5.53. The number of carbonyl (C=O) groups is 1. The van der Waals surface area contributed by atoms with E-state index in [-0.39, 0.29) is 5.91 Å². The van der Waals surface area contributed by atoms with Gasteiger partial charge < -0.3 is 10.6 Å². The van der Waals surface area contributed by atoms with Crippen molar-refractivity contribution < 1.29 is 4.79 Å². The minimum absolute atomic E-state index is 0.0391. The van der Waals surface area contributed by atoms with Gasteiger partial charge in [-0.05, 0) is 49.6 Å². The monoisotopic (exact) mass is 297 g/mol. The summed E-state index contributed by atoms with van der Waals surface area (Å²) in [6, 6.07) is 8.10. The standard InChI is InChI=1S/C18H23N3O/c1-13-10-14(2)18(15(3)11-13)21-17(22)6-9-20-12-16-4-7-19-8-5-16/h4-5,7-8,10-11,20H,6,9,12H2,1-3H3,(H,21,22). The highest BCUT2D eigenvalue weighted by Gasteiger charge is 2.08. The van der Waals surface area contributed by atoms with Gasteiger partial charge in [-0.3, -0.25) is 9.78 Å². The van der Waals surface area contributed by atoms with E-state index >= 15 is 0 Å². The number of nitrogens with zero attached hydrogens (tertiary/aromatic N) is 1. The van der Waals surface area contributed by atoms with Crippen molar-refractivity contribution in [3.8, 4) is 0 Å². The van der Waals surface area contributed by atoms with Crippen LogP contribution >= 0.6 is 0 Å². The van der Waals surface area contributed by atoms with Crippen LogP contribution in [0.2, 0.25) is 0 Å². The predicted molar refractivity (Wildman–Crippen MR) is 89.8 cm³/mol. The average molecular weight is 297 g/mol. The first-order valence-electron chi connectivity index (χ1n) is 7.53. The number of benzene rings is 1. The molecule has 4 heteroatoms. The molecule has 116 valence electrons. The van der Waals surface area contributed by atoms with Crippen molar-refractivity contribution in [3.05, 3.63) is 58.9 Å². The molecule has 1 aromatic carbocycles. The van der Waals surface area contributed by atoms with Crippen LogP contribution in [-0.2, 0) is 11.3 Å². The number of pyridine rings is 1. The van der Waals surface area contributed by atoms with E-state index in [4.69, 9.17) is 0 Å². The van der Waals surface area contributed by atoms with E-state index in [0.717, 1.165) is 23.4 Å². The number of hydrogen-bond donors (Lipinski definition) is 2. The SMILES string of the molecule is Cc1cc(C)c(NC(=O)CCNCc2ccncc2)c(C)c1. The summed E-state index contributed by atoms with van der Waals surface area (Å²) in [7, 11) is 0. The van der Waals surface area contributed by atoms with Crippen molar-refractivity contribution in [1.29, 1.82) is 0 Å². The fourth-order valence-electron chi connectivity index (χ4n) is 2.51. The van der Waals surface area contributed by atoms with Crippen LogP contribution in [0.3, 0.4) is 0 Å². The maximum absolute atomic E-state index is 12.1. The molecule has 0 bridgehead atoms. The predicted octanol–water partition coefficient (Wildman–Crippen LogP) is 3.13. The Morgan fingerprint density at radius 3 is 2.36 bits per heavy atom. The second kappa shape index (κ2) is 7.71. The van der Waals surface area contributed by atoms with Crippen LogP contribution in [0.4, 0.5) is 5.69 Å². The van der Waals surface area contributed by atoms with Gasteiger partial charge in [-0.1, -0.05) is 17.7 Å². The van der Waals surface area contributed by atoms with E-state index in [1.807, 2.05) is 26.0 Å². The van der Waals surface area contributed by atoms with Crippen LogP contribution in [0, 0.1) is 20.8 Å². The zero-order valence-corrected chi connectivity index (χ0v) is 13.4. The number of carbonyl (C=O) groups excluding carboxylic acids is 1. The minimum Gasteiger partial charge on any atom is -0.326 e. The van der Waals surface area contributed by atoms with Crippen molar-refractivity contribution in [1.82, 2.24) is 10.3 Å². The van der Waals surface area contributed by atoms with Crippen LogP contribution in [0.5, 0.6) is 0 Å². The second-order valence-corrected chi connectivity index (χ2v) is 5.60. The number of rotatable bonds is 6. The third-order valence-electron chi connectivity index (χ3n) is 3.55. The van der Waals surface area contributed by atoms with Crippen LogP contribution in [0.15, 0.2) is 36.7 Å². The van der Waals surface area contributed by atoms with Crippen LogP contribution in [0.1, 0.15) is 28.7 Å². The molecule has 22 heavy (non-hydrogen) atoms. The Morgan fingerprint density at radius 1 is 1.09 bits per heavy atom. The molecule has 2 aromatic rings. The molecular formula is C18H23N3O. The molecule has 0 saturated carbocycles. The largest absolute Gasteiger partial charge is 0.326 e. The van der Waals surface area contributed by atoms with Gasteiger partial charge in [0.1, 0.15) is 0 Å². The van der Waals surface area contributed by atoms with E-state index in [2.05, 4.69) is 34.7 Å². The summed E-state index contributed by atoms with van der Waals surface area (Å²) in [5, 5.41) is 6.28. The molecule has 2 rings (SSSR count). The van der Waals surface area contributed by atoms with Crippen molar-refractivity contribution in [2.24, 2.45) is 0 Å². The van der Waals surface area contributed by atoms with Gasteiger partial charge in [0.2, 0.25) is 5.91 Å². The lowest BCUT2D eigenvalue weighted by Gasteiger charge is -2.13. The van der Waals surface area contributed by atoms with Crippen LogP contribution in [-0.4, -0.2) is 17.4 Å². The Hall–Kier alpha value is -2.20. The highest BCUT2D eigenvalue weighted by Crippen LogP contribution is 2.21. The van der Waals surface area contributed by atoms with E-state index in [1.54, 1.807) is 12.4 Å². The summed E-state index contributed by atoms with van der Waals surface area (Å²) in [6.45, 7) is 7.51. The third kappa shape index (κ3) is 4.67. The van der Waals surface area contributed by atoms with E-state index in [1.165, 1.54) is 11.1 Å². The van der Waals surface area contributed by atoms with Gasteiger partial charge >= 0.3 is 0 Å². The Morgan fingerprint density at radius 2 is 1.73 bits per heavy atom. The molecular weight excluding hydrogens is 274 g/mol. The molecule has 0 unspecified atom stereocenters. The quantitative estimate of drug-likeness (QED) is 0.805. The summed E-state index contributed by atoms with van der Waals surface area (Å²) in [4.78, 5) is 16.0. The average Bonchev–Trinajstić information content (AvgIpc) is 2.48. The first-order valence-corrected chi connectivity index (χ1v) is 7.53. The fraction of sp³-hybridized carbons (Fsp3) is 0.333. The molecule has 0 saturated heterocycles. The first kappa shape index (κ1) is 16.2. The summed E-state index contributed by atoms with van der Waals surface area (Å²) in [6.07, 6.45) is 4.00. The van der Waals surface area contributed by atoms with E-state index < -0.39 is 0 Å². The highest BCUT2D eigenvalue weighted by molar-refractivity contribution is 5.92. The molecule has 1 heterocycles. The highest BCUT2D eigenvalue weighted by atomic mass is 16.1. The van der Waals surface area contributed by atoms with Crippen molar-refractivity contribution in [2.75, 3.05) is 11.9 Å². The lowest BCUT2D eigenvalue weighted by atomic mass is 10.1. The maximum atomic E-state index is 12.1. The zero-order chi connectivity index (χ0) is 15.9. The lowest BCUT2D eigenvalue weighted by Crippen LogP contribution is -2.22. The molecule has 4 nitrogen and oxygen atoms in total. The summed E-state index contributed by atoms with van der Waals surface area (Å²) in [5.74, 6) is 0.0391. The van der Waals surface area contributed by atoms with Gasteiger partial charge in [0.05, 0.1) is 0 Å². The normalized spacial score (nSPS) is 10.5. The number of anilines is 1. The smallest absolute Gasteiger partial charge is 0.225 e. The van der Waals surface area contributed by atoms with Gasteiger partial charge in [-0.2, -0.15) is 0 Å². The molecule has 0 aliphatic carbocycles. The molecule has 1 aromatic heterocycles. The molecule has 0 aliphatic heterocycles. The Kier molecular flexibility index (Phi) is 5.67. The van der Waals surface area contributed by atoms with Crippen molar-refractivity contribution >= 4 is 11.6 Å². The molecule has 0 aliphatic rings. The number of nitrogens with one attached hydrogen (secondary N) is 2. The molecule has 0 spiro atoms. The zero-order valence-electron chi connectivity index (χ0n) is 13.4. The molecule has 0 atom stereocenters. The van der Waals surface area contributed by atoms with E-state index in [9.17, 15) is 4.79 Å². The minimum atomic E-state index is 0.0391. The third-order valence-corrected chi connectivity index (χ3v) is 3.55. The first-order chi connectivity index (χ1) is 10.6. The topological polar surface area (TPSA) is 54.0 Å². The van der Waals surface area contributed by atoms with Gasteiger partial charge in [0.25, 0.3) is 0 Å². The van der Waals surface area contributed by atoms with Crippen molar-refractivity contribution in [2.45, 2.75) is 33.7 Å². The molecule has 2 N–H and O–H groups in total. The molecule has 0 radical (unpaired) electrons. The number of amides is 1. The second-order valence-electron chi connectivity index (χ2n) is 5.60. The summed E-state index contributed by atoms with van der Waals surface area (Å²) < 4.78 is 0. The Bertz CT molecular complexity index is 615. The maximum Gasteiger partial charge on any atom is 0.225 e. The van der Waals surface area contributed by atoms with Crippen LogP contribution in [0.25, 0.3) is 0 Å². The van der Waals surface area contributed by atoms with Gasteiger partial charge in [0.15, 0.2) is 0 Å². The Labute approximate surface area is 132 Å². The number of aromatic nitrogens is 1. The number of hydrogen-bond acceptors (Lipinski definition) is 3. The summed E-state index contributed by atoms with van der Waals surface area (Å²) >= 11 is 0.